The van der Waals surface area contributed by atoms with Crippen LogP contribution in [-0.2, 0) is 6.54 Å². The SMILES string of the molecule is CCCN(CCC)C(=O)c1ccc(NC(=O)c2coc(CN)c2)cc1. The summed E-state index contributed by atoms with van der Waals surface area (Å²) in [6.07, 6.45) is 3.23. The van der Waals surface area contributed by atoms with Gasteiger partial charge in [0.25, 0.3) is 11.8 Å². The van der Waals surface area contributed by atoms with Gasteiger partial charge in [-0.3, -0.25) is 9.59 Å². The van der Waals surface area contributed by atoms with Crippen molar-refractivity contribution < 1.29 is 14.0 Å². The van der Waals surface area contributed by atoms with Crippen LogP contribution in [0.5, 0.6) is 0 Å². The van der Waals surface area contributed by atoms with Gasteiger partial charge in [0.05, 0.1) is 12.1 Å². The number of carbonyl (C=O) groups is 2. The first-order chi connectivity index (χ1) is 12.1. The molecule has 1 aromatic carbocycles. The van der Waals surface area contributed by atoms with Gasteiger partial charge in [0.2, 0.25) is 0 Å². The van der Waals surface area contributed by atoms with Crippen LogP contribution in [0, 0.1) is 0 Å². The molecular formula is C19H25N3O3. The Morgan fingerprint density at radius 2 is 1.72 bits per heavy atom. The molecule has 3 N–H and O–H groups in total. The van der Waals surface area contributed by atoms with Crippen molar-refractivity contribution in [3.05, 3.63) is 53.5 Å². The summed E-state index contributed by atoms with van der Waals surface area (Å²) in [6, 6.07) is 8.53. The number of rotatable bonds is 8. The summed E-state index contributed by atoms with van der Waals surface area (Å²) < 4.78 is 5.16. The topological polar surface area (TPSA) is 88.6 Å². The third kappa shape index (κ3) is 4.93. The van der Waals surface area contributed by atoms with Gasteiger partial charge >= 0.3 is 0 Å². The number of carbonyl (C=O) groups excluding carboxylic acids is 2. The van der Waals surface area contributed by atoms with E-state index in [9.17, 15) is 9.59 Å². The zero-order chi connectivity index (χ0) is 18.2. The molecule has 2 rings (SSSR count). The summed E-state index contributed by atoms with van der Waals surface area (Å²) in [4.78, 5) is 26.5. The van der Waals surface area contributed by atoms with Crippen molar-refractivity contribution in [2.45, 2.75) is 33.2 Å². The molecule has 6 nitrogen and oxygen atoms in total. The van der Waals surface area contributed by atoms with Gasteiger partial charge in [-0.25, -0.2) is 0 Å². The number of nitrogens with zero attached hydrogens (tertiary/aromatic N) is 1. The highest BCUT2D eigenvalue weighted by Crippen LogP contribution is 2.15. The fourth-order valence-corrected chi connectivity index (χ4v) is 2.54. The number of nitrogens with one attached hydrogen (secondary N) is 1. The molecule has 0 bridgehead atoms. The average molecular weight is 343 g/mol. The van der Waals surface area contributed by atoms with Crippen molar-refractivity contribution in [3.8, 4) is 0 Å². The molecule has 6 heteroatoms. The Kier molecular flexibility index (Phi) is 6.77. The van der Waals surface area contributed by atoms with E-state index in [0.29, 0.717) is 22.6 Å². The molecule has 0 atom stereocenters. The minimum atomic E-state index is -0.277. The highest BCUT2D eigenvalue weighted by atomic mass is 16.3. The van der Waals surface area contributed by atoms with E-state index in [1.807, 2.05) is 4.90 Å². The van der Waals surface area contributed by atoms with Crippen LogP contribution in [0.1, 0.15) is 53.2 Å². The molecule has 0 aliphatic heterocycles. The van der Waals surface area contributed by atoms with Crippen molar-refractivity contribution >= 4 is 17.5 Å². The van der Waals surface area contributed by atoms with Gasteiger partial charge in [-0.1, -0.05) is 13.8 Å². The lowest BCUT2D eigenvalue weighted by Gasteiger charge is -2.21. The summed E-state index contributed by atoms with van der Waals surface area (Å²) >= 11 is 0. The maximum absolute atomic E-state index is 12.5. The third-order valence-corrected chi connectivity index (χ3v) is 3.78. The quantitative estimate of drug-likeness (QED) is 0.770. The highest BCUT2D eigenvalue weighted by Gasteiger charge is 2.15. The largest absolute Gasteiger partial charge is 0.467 e. The van der Waals surface area contributed by atoms with Gasteiger partial charge in [-0.15, -0.1) is 0 Å². The highest BCUT2D eigenvalue weighted by molar-refractivity contribution is 6.04. The number of hydrogen-bond donors (Lipinski definition) is 2. The van der Waals surface area contributed by atoms with E-state index in [1.165, 1.54) is 6.26 Å². The van der Waals surface area contributed by atoms with Crippen LogP contribution in [0.15, 0.2) is 41.0 Å². The van der Waals surface area contributed by atoms with E-state index < -0.39 is 0 Å². The lowest BCUT2D eigenvalue weighted by atomic mass is 10.1. The first kappa shape index (κ1) is 18.7. The summed E-state index contributed by atoms with van der Waals surface area (Å²) in [5.41, 5.74) is 7.12. The molecule has 0 unspecified atom stereocenters. The van der Waals surface area contributed by atoms with Crippen molar-refractivity contribution in [1.29, 1.82) is 0 Å². The van der Waals surface area contributed by atoms with E-state index in [4.69, 9.17) is 10.2 Å². The number of benzene rings is 1. The predicted octanol–water partition coefficient (Wildman–Crippen LogP) is 3.25. The Morgan fingerprint density at radius 1 is 1.08 bits per heavy atom. The van der Waals surface area contributed by atoms with E-state index in [2.05, 4.69) is 19.2 Å². The fourth-order valence-electron chi connectivity index (χ4n) is 2.54. The normalized spacial score (nSPS) is 10.5. The minimum absolute atomic E-state index is 0.0176. The van der Waals surface area contributed by atoms with Crippen molar-refractivity contribution in [1.82, 2.24) is 4.90 Å². The van der Waals surface area contributed by atoms with Crippen LogP contribution in [0.3, 0.4) is 0 Å². The molecule has 134 valence electrons. The average Bonchev–Trinajstić information content (AvgIpc) is 3.11. The zero-order valence-electron chi connectivity index (χ0n) is 14.7. The van der Waals surface area contributed by atoms with E-state index in [1.54, 1.807) is 30.3 Å². The standard InChI is InChI=1S/C19H25N3O3/c1-3-9-22(10-4-2)19(24)14-5-7-16(8-6-14)21-18(23)15-11-17(12-20)25-13-15/h5-8,11,13H,3-4,9-10,12,20H2,1-2H3,(H,21,23). The van der Waals surface area contributed by atoms with Crippen LogP contribution < -0.4 is 11.1 Å². The maximum atomic E-state index is 12.5. The predicted molar refractivity (Wildman–Crippen MR) is 97.5 cm³/mol. The van der Waals surface area contributed by atoms with Crippen molar-refractivity contribution in [2.24, 2.45) is 5.73 Å². The molecule has 1 aromatic heterocycles. The molecule has 0 aliphatic rings. The third-order valence-electron chi connectivity index (χ3n) is 3.78. The van der Waals surface area contributed by atoms with Gasteiger partial charge in [-0.2, -0.15) is 0 Å². The molecule has 0 fully saturated rings. The van der Waals surface area contributed by atoms with Crippen molar-refractivity contribution in [3.63, 3.8) is 0 Å². The monoisotopic (exact) mass is 343 g/mol. The van der Waals surface area contributed by atoms with Gasteiger partial charge in [0, 0.05) is 24.3 Å². The Bertz CT molecular complexity index is 701. The van der Waals surface area contributed by atoms with E-state index >= 15 is 0 Å². The van der Waals surface area contributed by atoms with Gasteiger partial charge in [0.1, 0.15) is 12.0 Å². The fraction of sp³-hybridized carbons (Fsp3) is 0.368. The Balaban J connectivity index is 2.03. The maximum Gasteiger partial charge on any atom is 0.258 e. The van der Waals surface area contributed by atoms with Gasteiger partial charge < -0.3 is 20.4 Å². The van der Waals surface area contributed by atoms with Crippen LogP contribution in [0.25, 0.3) is 0 Å². The van der Waals surface area contributed by atoms with Gasteiger partial charge in [0.15, 0.2) is 0 Å². The minimum Gasteiger partial charge on any atom is -0.467 e. The number of nitrogens with two attached hydrogens (primary N) is 1. The smallest absolute Gasteiger partial charge is 0.258 e. The van der Waals surface area contributed by atoms with E-state index in [-0.39, 0.29) is 18.4 Å². The summed E-state index contributed by atoms with van der Waals surface area (Å²) in [5.74, 6) is 0.295. The van der Waals surface area contributed by atoms with Crippen LogP contribution in [-0.4, -0.2) is 29.8 Å². The molecule has 0 aliphatic carbocycles. The lowest BCUT2D eigenvalue weighted by molar-refractivity contribution is 0.0755. The molecule has 25 heavy (non-hydrogen) atoms. The zero-order valence-corrected chi connectivity index (χ0v) is 14.7. The first-order valence-corrected chi connectivity index (χ1v) is 8.57. The Morgan fingerprint density at radius 3 is 2.24 bits per heavy atom. The molecule has 2 aromatic rings. The second kappa shape index (κ2) is 9.03. The summed E-state index contributed by atoms with van der Waals surface area (Å²) in [5, 5.41) is 2.78. The molecule has 1 heterocycles. The van der Waals surface area contributed by atoms with Crippen LogP contribution >= 0.6 is 0 Å². The molecule has 0 saturated heterocycles. The summed E-state index contributed by atoms with van der Waals surface area (Å²) in [6.45, 7) is 5.85. The van der Waals surface area contributed by atoms with Crippen LogP contribution in [0.4, 0.5) is 5.69 Å². The lowest BCUT2D eigenvalue weighted by Crippen LogP contribution is -2.32. The van der Waals surface area contributed by atoms with Crippen molar-refractivity contribution in [2.75, 3.05) is 18.4 Å². The molecule has 0 saturated carbocycles. The Hall–Kier alpha value is -2.60. The van der Waals surface area contributed by atoms with Gasteiger partial charge in [-0.05, 0) is 43.2 Å². The number of furan rings is 1. The number of hydrogen-bond acceptors (Lipinski definition) is 4. The second-order valence-corrected chi connectivity index (χ2v) is 5.83. The molecule has 2 amide bonds. The summed E-state index contributed by atoms with van der Waals surface area (Å²) in [7, 11) is 0. The molecule has 0 spiro atoms. The molecular weight excluding hydrogens is 318 g/mol. The number of amides is 2. The Labute approximate surface area is 148 Å². The van der Waals surface area contributed by atoms with E-state index in [0.717, 1.165) is 25.9 Å². The number of anilines is 1. The molecule has 0 radical (unpaired) electrons. The first-order valence-electron chi connectivity index (χ1n) is 8.57. The second-order valence-electron chi connectivity index (χ2n) is 5.83. The van der Waals surface area contributed by atoms with Crippen LogP contribution in [0.2, 0.25) is 0 Å².